The second-order valence-electron chi connectivity index (χ2n) is 7.73. The Hall–Kier alpha value is -1.51. The maximum Gasteiger partial charge on any atom is 0.225 e. The fourth-order valence-electron chi connectivity index (χ4n) is 2.89. The number of carbonyl (C=O) groups is 1. The summed E-state index contributed by atoms with van der Waals surface area (Å²) < 4.78 is 0. The molecule has 0 bridgehead atoms. The Bertz CT molecular complexity index is 501. The van der Waals surface area contributed by atoms with E-state index in [-0.39, 0.29) is 17.4 Å². The fraction of sp³-hybridized carbons (Fsp3) is 0.632. The topological polar surface area (TPSA) is 32.3 Å². The van der Waals surface area contributed by atoms with Gasteiger partial charge in [-0.3, -0.25) is 4.79 Å². The number of benzene rings is 1. The number of nitrogens with zero attached hydrogens (tertiary/aromatic N) is 1. The summed E-state index contributed by atoms with van der Waals surface area (Å²) in [7, 11) is 0. The standard InChI is InChI=1S/C19H30N2O/c1-14-7-6-12-21(13-14)17-10-8-16(9-11-17)15(2)20-18(22)19(3,4)5/h8-11,14-15H,6-7,12-13H2,1-5H3,(H,20,22)/t14-,15-/m0/s1. The minimum absolute atomic E-state index is 0.0426. The van der Waals surface area contributed by atoms with Gasteiger partial charge in [0.2, 0.25) is 5.91 Å². The van der Waals surface area contributed by atoms with Crippen LogP contribution in [-0.2, 0) is 4.79 Å². The van der Waals surface area contributed by atoms with Crippen LogP contribution in [0.4, 0.5) is 5.69 Å². The smallest absolute Gasteiger partial charge is 0.225 e. The molecule has 2 atom stereocenters. The molecule has 1 heterocycles. The van der Waals surface area contributed by atoms with Crippen LogP contribution in [0.5, 0.6) is 0 Å². The average Bonchev–Trinajstić information content (AvgIpc) is 2.46. The molecule has 0 radical (unpaired) electrons. The molecular formula is C19H30N2O. The zero-order valence-corrected chi connectivity index (χ0v) is 14.6. The van der Waals surface area contributed by atoms with Gasteiger partial charge >= 0.3 is 0 Å². The monoisotopic (exact) mass is 302 g/mol. The second kappa shape index (κ2) is 6.72. The molecule has 1 aliphatic rings. The van der Waals surface area contributed by atoms with Gasteiger partial charge in [0, 0.05) is 24.2 Å². The van der Waals surface area contributed by atoms with Crippen LogP contribution in [0.2, 0.25) is 0 Å². The molecule has 22 heavy (non-hydrogen) atoms. The summed E-state index contributed by atoms with van der Waals surface area (Å²) >= 11 is 0. The van der Waals surface area contributed by atoms with Crippen molar-refractivity contribution in [2.24, 2.45) is 11.3 Å². The van der Waals surface area contributed by atoms with Gasteiger partial charge in [-0.1, -0.05) is 39.8 Å². The molecule has 1 aromatic rings. The third-order valence-corrected chi connectivity index (χ3v) is 4.44. The molecule has 1 aliphatic heterocycles. The Labute approximate surface area is 135 Å². The van der Waals surface area contributed by atoms with Crippen molar-refractivity contribution in [3.05, 3.63) is 29.8 Å². The minimum atomic E-state index is -0.349. The van der Waals surface area contributed by atoms with Gasteiger partial charge < -0.3 is 10.2 Å². The van der Waals surface area contributed by atoms with E-state index >= 15 is 0 Å². The van der Waals surface area contributed by atoms with Crippen LogP contribution >= 0.6 is 0 Å². The Kier molecular flexibility index (Phi) is 5.15. The summed E-state index contributed by atoms with van der Waals surface area (Å²) in [5.74, 6) is 0.868. The van der Waals surface area contributed by atoms with Crippen LogP contribution < -0.4 is 10.2 Å². The summed E-state index contributed by atoms with van der Waals surface area (Å²) in [5, 5.41) is 3.09. The van der Waals surface area contributed by atoms with Crippen molar-refractivity contribution in [1.82, 2.24) is 5.32 Å². The lowest BCUT2D eigenvalue weighted by Gasteiger charge is -2.33. The van der Waals surface area contributed by atoms with Crippen LogP contribution in [0.1, 0.15) is 59.1 Å². The summed E-state index contributed by atoms with van der Waals surface area (Å²) in [6, 6.07) is 8.70. The molecule has 3 nitrogen and oxygen atoms in total. The van der Waals surface area contributed by atoms with Gasteiger partial charge in [0.05, 0.1) is 6.04 Å². The van der Waals surface area contributed by atoms with E-state index in [1.807, 2.05) is 27.7 Å². The second-order valence-corrected chi connectivity index (χ2v) is 7.73. The molecule has 0 spiro atoms. The van der Waals surface area contributed by atoms with E-state index in [9.17, 15) is 4.79 Å². The highest BCUT2D eigenvalue weighted by molar-refractivity contribution is 5.81. The molecule has 0 saturated carbocycles. The molecule has 1 aromatic carbocycles. The number of nitrogens with one attached hydrogen (secondary N) is 1. The zero-order valence-electron chi connectivity index (χ0n) is 14.6. The number of hydrogen-bond donors (Lipinski definition) is 1. The first-order valence-electron chi connectivity index (χ1n) is 8.43. The van der Waals surface area contributed by atoms with E-state index < -0.39 is 0 Å². The van der Waals surface area contributed by atoms with Crippen molar-refractivity contribution in [3.8, 4) is 0 Å². The van der Waals surface area contributed by atoms with E-state index in [2.05, 4.69) is 41.4 Å². The maximum atomic E-state index is 12.1. The van der Waals surface area contributed by atoms with Gasteiger partial charge in [0.15, 0.2) is 0 Å². The zero-order chi connectivity index (χ0) is 16.3. The number of anilines is 1. The first-order valence-corrected chi connectivity index (χ1v) is 8.43. The number of rotatable bonds is 3. The lowest BCUT2D eigenvalue weighted by atomic mass is 9.94. The molecule has 1 fully saturated rings. The highest BCUT2D eigenvalue weighted by Crippen LogP contribution is 2.25. The molecule has 0 aromatic heterocycles. The molecule has 122 valence electrons. The van der Waals surface area contributed by atoms with Gasteiger partial charge in [-0.15, -0.1) is 0 Å². The predicted molar refractivity (Wildman–Crippen MR) is 93.1 cm³/mol. The first kappa shape index (κ1) is 16.9. The van der Waals surface area contributed by atoms with E-state index in [0.717, 1.165) is 24.6 Å². The molecular weight excluding hydrogens is 272 g/mol. The van der Waals surface area contributed by atoms with Gasteiger partial charge in [-0.2, -0.15) is 0 Å². The van der Waals surface area contributed by atoms with Gasteiger partial charge in [0.1, 0.15) is 0 Å². The highest BCUT2D eigenvalue weighted by Gasteiger charge is 2.23. The molecule has 1 N–H and O–H groups in total. The van der Waals surface area contributed by atoms with E-state index in [0.29, 0.717) is 0 Å². The van der Waals surface area contributed by atoms with Crippen molar-refractivity contribution in [2.75, 3.05) is 18.0 Å². The Morgan fingerprint density at radius 1 is 1.27 bits per heavy atom. The summed E-state index contributed by atoms with van der Waals surface area (Å²) in [5.41, 5.74) is 2.11. The largest absolute Gasteiger partial charge is 0.371 e. The predicted octanol–water partition coefficient (Wildman–Crippen LogP) is 4.15. The molecule has 0 aliphatic carbocycles. The molecule has 0 unspecified atom stereocenters. The van der Waals surface area contributed by atoms with E-state index in [4.69, 9.17) is 0 Å². The van der Waals surface area contributed by atoms with Gasteiger partial charge in [-0.05, 0) is 43.4 Å². The van der Waals surface area contributed by atoms with E-state index in [1.54, 1.807) is 0 Å². The molecule has 1 saturated heterocycles. The summed E-state index contributed by atoms with van der Waals surface area (Å²) in [6.45, 7) is 12.5. The van der Waals surface area contributed by atoms with Crippen molar-refractivity contribution >= 4 is 11.6 Å². The van der Waals surface area contributed by atoms with Gasteiger partial charge in [0.25, 0.3) is 0 Å². The fourth-order valence-corrected chi connectivity index (χ4v) is 2.89. The summed E-state index contributed by atoms with van der Waals surface area (Å²) in [6.07, 6.45) is 2.62. The van der Waals surface area contributed by atoms with Crippen molar-refractivity contribution in [3.63, 3.8) is 0 Å². The average molecular weight is 302 g/mol. The maximum absolute atomic E-state index is 12.1. The van der Waals surface area contributed by atoms with Crippen LogP contribution in [-0.4, -0.2) is 19.0 Å². The number of hydrogen-bond acceptors (Lipinski definition) is 2. The third kappa shape index (κ3) is 4.25. The normalized spacial score (nSPS) is 20.6. The summed E-state index contributed by atoms with van der Waals surface area (Å²) in [4.78, 5) is 14.5. The molecule has 2 rings (SSSR count). The third-order valence-electron chi connectivity index (χ3n) is 4.44. The Balaban J connectivity index is 2.00. The SMILES string of the molecule is C[C@H]1CCCN(c2ccc([C@H](C)NC(=O)C(C)(C)C)cc2)C1. The Morgan fingerprint density at radius 3 is 2.45 bits per heavy atom. The first-order chi connectivity index (χ1) is 10.3. The lowest BCUT2D eigenvalue weighted by Crippen LogP contribution is -2.36. The lowest BCUT2D eigenvalue weighted by molar-refractivity contribution is -0.129. The highest BCUT2D eigenvalue weighted by atomic mass is 16.2. The van der Waals surface area contributed by atoms with Gasteiger partial charge in [-0.25, -0.2) is 0 Å². The van der Waals surface area contributed by atoms with Crippen LogP contribution in [0.3, 0.4) is 0 Å². The van der Waals surface area contributed by atoms with Crippen LogP contribution in [0.15, 0.2) is 24.3 Å². The quantitative estimate of drug-likeness (QED) is 0.910. The molecule has 3 heteroatoms. The van der Waals surface area contributed by atoms with Crippen molar-refractivity contribution < 1.29 is 4.79 Å². The number of piperidine rings is 1. The molecule has 1 amide bonds. The number of carbonyl (C=O) groups excluding carboxylic acids is 1. The number of amides is 1. The van der Waals surface area contributed by atoms with E-state index in [1.165, 1.54) is 18.5 Å². The van der Waals surface area contributed by atoms with Crippen LogP contribution in [0, 0.1) is 11.3 Å². The Morgan fingerprint density at radius 2 is 1.91 bits per heavy atom. The minimum Gasteiger partial charge on any atom is -0.371 e. The van der Waals surface area contributed by atoms with Crippen molar-refractivity contribution in [2.45, 2.75) is 53.5 Å². The van der Waals surface area contributed by atoms with Crippen molar-refractivity contribution in [1.29, 1.82) is 0 Å². The van der Waals surface area contributed by atoms with Crippen LogP contribution in [0.25, 0.3) is 0 Å².